The topological polar surface area (TPSA) is 28.7 Å². The van der Waals surface area contributed by atoms with Crippen LogP contribution < -0.4 is 0 Å². The van der Waals surface area contributed by atoms with Crippen molar-refractivity contribution in [2.24, 2.45) is 0 Å². The van der Waals surface area contributed by atoms with Crippen molar-refractivity contribution in [1.29, 1.82) is 0 Å². The van der Waals surface area contributed by atoms with Gasteiger partial charge in [0, 0.05) is 28.0 Å². The number of hydrogen-bond acceptors (Lipinski definition) is 1. The predicted molar refractivity (Wildman–Crippen MR) is 88.5 cm³/mol. The van der Waals surface area contributed by atoms with Gasteiger partial charge >= 0.3 is 0 Å². The number of fused-ring (bicyclic) bond motifs is 3. The largest absolute Gasteiger partial charge is 0.353 e. The lowest BCUT2D eigenvalue weighted by atomic mass is 9.98. The highest BCUT2D eigenvalue weighted by atomic mass is 14.7. The lowest BCUT2D eigenvalue weighted by Crippen LogP contribution is -1.85. The summed E-state index contributed by atoms with van der Waals surface area (Å²) in [6.45, 7) is 4.26. The van der Waals surface area contributed by atoms with Gasteiger partial charge in [0.2, 0.25) is 0 Å². The molecule has 0 aliphatic carbocycles. The van der Waals surface area contributed by atoms with Crippen LogP contribution in [0.15, 0.2) is 54.9 Å². The fourth-order valence-electron chi connectivity index (χ4n) is 3.05. The zero-order chi connectivity index (χ0) is 14.4. The standard InChI is InChI=1S/C19H16N2/c1-12-7-8-15-17(9-12)21-18-11-20-10-16(19(15)18)14-6-4-3-5-13(14)2/h3-11,21H,1-2H3. The first-order valence-corrected chi connectivity index (χ1v) is 7.16. The zero-order valence-electron chi connectivity index (χ0n) is 12.1. The Labute approximate surface area is 123 Å². The Kier molecular flexibility index (Phi) is 2.58. The number of pyridine rings is 1. The number of aromatic amines is 1. The van der Waals surface area contributed by atoms with Gasteiger partial charge in [-0.1, -0.05) is 36.4 Å². The molecule has 4 aromatic rings. The van der Waals surface area contributed by atoms with Gasteiger partial charge in [-0.3, -0.25) is 4.98 Å². The number of benzene rings is 2. The van der Waals surface area contributed by atoms with Crippen LogP contribution in [-0.2, 0) is 0 Å². The first-order valence-electron chi connectivity index (χ1n) is 7.16. The van der Waals surface area contributed by atoms with Gasteiger partial charge in [-0.2, -0.15) is 0 Å². The van der Waals surface area contributed by atoms with Crippen molar-refractivity contribution in [2.75, 3.05) is 0 Å². The molecule has 2 aromatic carbocycles. The lowest BCUT2D eigenvalue weighted by Gasteiger charge is -2.07. The summed E-state index contributed by atoms with van der Waals surface area (Å²) in [4.78, 5) is 7.90. The minimum Gasteiger partial charge on any atom is -0.353 e. The van der Waals surface area contributed by atoms with Gasteiger partial charge in [-0.05, 0) is 36.6 Å². The molecule has 0 aliphatic heterocycles. The third-order valence-electron chi connectivity index (χ3n) is 4.09. The Bertz CT molecular complexity index is 964. The molecule has 0 saturated heterocycles. The van der Waals surface area contributed by atoms with Gasteiger partial charge in [-0.15, -0.1) is 0 Å². The van der Waals surface area contributed by atoms with Crippen LogP contribution in [0.4, 0.5) is 0 Å². The number of hydrogen-bond donors (Lipinski definition) is 1. The van der Waals surface area contributed by atoms with Crippen molar-refractivity contribution < 1.29 is 0 Å². The molecular formula is C19H16N2. The summed E-state index contributed by atoms with van der Waals surface area (Å²) < 4.78 is 0. The van der Waals surface area contributed by atoms with Gasteiger partial charge in [0.1, 0.15) is 0 Å². The Morgan fingerprint density at radius 2 is 1.71 bits per heavy atom. The van der Waals surface area contributed by atoms with Crippen LogP contribution in [0, 0.1) is 13.8 Å². The highest BCUT2D eigenvalue weighted by molar-refractivity contribution is 6.14. The van der Waals surface area contributed by atoms with E-state index in [1.165, 1.54) is 38.5 Å². The molecule has 1 N–H and O–H groups in total. The van der Waals surface area contributed by atoms with Crippen LogP contribution in [-0.4, -0.2) is 9.97 Å². The van der Waals surface area contributed by atoms with E-state index in [0.29, 0.717) is 0 Å². The molecule has 2 heterocycles. The highest BCUT2D eigenvalue weighted by Crippen LogP contribution is 2.35. The normalized spacial score (nSPS) is 11.3. The molecule has 2 heteroatoms. The Balaban J connectivity index is 2.15. The Hall–Kier alpha value is -2.61. The minimum atomic E-state index is 1.09. The summed E-state index contributed by atoms with van der Waals surface area (Å²) in [6, 6.07) is 15.0. The molecule has 0 unspecified atom stereocenters. The minimum absolute atomic E-state index is 1.09. The number of nitrogens with zero attached hydrogens (tertiary/aromatic N) is 1. The van der Waals surface area contributed by atoms with Crippen LogP contribution in [0.2, 0.25) is 0 Å². The molecule has 0 radical (unpaired) electrons. The Morgan fingerprint density at radius 1 is 0.857 bits per heavy atom. The van der Waals surface area contributed by atoms with Crippen molar-refractivity contribution in [3.8, 4) is 11.1 Å². The van der Waals surface area contributed by atoms with E-state index < -0.39 is 0 Å². The first-order chi connectivity index (χ1) is 10.2. The number of aryl methyl sites for hydroxylation is 2. The summed E-state index contributed by atoms with van der Waals surface area (Å²) in [6.07, 6.45) is 3.88. The maximum Gasteiger partial charge on any atom is 0.0657 e. The molecular weight excluding hydrogens is 256 g/mol. The van der Waals surface area contributed by atoms with E-state index in [0.717, 1.165) is 5.52 Å². The fraction of sp³-hybridized carbons (Fsp3) is 0.105. The van der Waals surface area contributed by atoms with Crippen LogP contribution in [0.25, 0.3) is 32.9 Å². The van der Waals surface area contributed by atoms with Crippen molar-refractivity contribution in [3.05, 3.63) is 66.0 Å². The van der Waals surface area contributed by atoms with E-state index in [1.807, 2.05) is 12.4 Å². The zero-order valence-corrected chi connectivity index (χ0v) is 12.1. The van der Waals surface area contributed by atoms with Crippen LogP contribution >= 0.6 is 0 Å². The summed E-state index contributed by atoms with van der Waals surface area (Å²) in [5, 5.41) is 2.52. The molecule has 0 spiro atoms. The average Bonchev–Trinajstić information content (AvgIpc) is 2.85. The van der Waals surface area contributed by atoms with E-state index in [2.05, 4.69) is 66.3 Å². The summed E-state index contributed by atoms with van der Waals surface area (Å²) >= 11 is 0. The monoisotopic (exact) mass is 272 g/mol. The molecule has 2 aromatic heterocycles. The Morgan fingerprint density at radius 3 is 2.57 bits per heavy atom. The molecule has 0 fully saturated rings. The average molecular weight is 272 g/mol. The molecule has 102 valence electrons. The summed E-state index contributed by atoms with van der Waals surface area (Å²) in [7, 11) is 0. The molecule has 2 nitrogen and oxygen atoms in total. The number of nitrogens with one attached hydrogen (secondary N) is 1. The lowest BCUT2D eigenvalue weighted by molar-refractivity contribution is 1.34. The molecule has 0 aliphatic rings. The van der Waals surface area contributed by atoms with Crippen molar-refractivity contribution in [1.82, 2.24) is 9.97 Å². The van der Waals surface area contributed by atoms with Gasteiger partial charge in [0.25, 0.3) is 0 Å². The van der Waals surface area contributed by atoms with Gasteiger partial charge in [0.15, 0.2) is 0 Å². The highest BCUT2D eigenvalue weighted by Gasteiger charge is 2.12. The van der Waals surface area contributed by atoms with Crippen LogP contribution in [0.5, 0.6) is 0 Å². The van der Waals surface area contributed by atoms with E-state index in [1.54, 1.807) is 0 Å². The molecule has 21 heavy (non-hydrogen) atoms. The molecule has 0 saturated carbocycles. The number of aromatic nitrogens is 2. The number of rotatable bonds is 1. The van der Waals surface area contributed by atoms with Crippen LogP contribution in [0.1, 0.15) is 11.1 Å². The third kappa shape index (κ3) is 1.83. The van der Waals surface area contributed by atoms with Crippen molar-refractivity contribution >= 4 is 21.8 Å². The van der Waals surface area contributed by atoms with Crippen molar-refractivity contribution in [2.45, 2.75) is 13.8 Å². The van der Waals surface area contributed by atoms with Crippen molar-refractivity contribution in [3.63, 3.8) is 0 Å². The molecule has 4 rings (SSSR count). The van der Waals surface area contributed by atoms with Crippen LogP contribution in [0.3, 0.4) is 0 Å². The number of H-pyrrole nitrogens is 1. The van der Waals surface area contributed by atoms with Gasteiger partial charge in [0.05, 0.1) is 11.7 Å². The third-order valence-corrected chi connectivity index (χ3v) is 4.09. The maximum atomic E-state index is 4.42. The predicted octanol–water partition coefficient (Wildman–Crippen LogP) is 5.00. The summed E-state index contributed by atoms with van der Waals surface area (Å²) in [5.41, 5.74) is 7.25. The van der Waals surface area contributed by atoms with Gasteiger partial charge < -0.3 is 4.98 Å². The second-order valence-electron chi connectivity index (χ2n) is 5.60. The summed E-state index contributed by atoms with van der Waals surface area (Å²) in [5.74, 6) is 0. The second-order valence-corrected chi connectivity index (χ2v) is 5.60. The second kappa shape index (κ2) is 4.45. The van der Waals surface area contributed by atoms with E-state index in [9.17, 15) is 0 Å². The van der Waals surface area contributed by atoms with E-state index in [-0.39, 0.29) is 0 Å². The molecule has 0 atom stereocenters. The SMILES string of the molecule is Cc1ccc2c(c1)[nH]c1cncc(-c3ccccc3C)c12. The maximum absolute atomic E-state index is 4.42. The molecule has 0 amide bonds. The van der Waals surface area contributed by atoms with E-state index in [4.69, 9.17) is 0 Å². The molecule has 0 bridgehead atoms. The van der Waals surface area contributed by atoms with E-state index >= 15 is 0 Å². The van der Waals surface area contributed by atoms with Gasteiger partial charge in [-0.25, -0.2) is 0 Å². The smallest absolute Gasteiger partial charge is 0.0657 e. The fourth-order valence-corrected chi connectivity index (χ4v) is 3.05. The first kappa shape index (κ1) is 12.2. The quantitative estimate of drug-likeness (QED) is 0.519.